The number of aryl methyl sites for hydroxylation is 1. The number of aromatic nitrogens is 2. The molecule has 0 unspecified atom stereocenters. The molecule has 0 radical (unpaired) electrons. The summed E-state index contributed by atoms with van der Waals surface area (Å²) in [7, 11) is 0. The van der Waals surface area contributed by atoms with Crippen LogP contribution in [0.15, 0.2) is 79.1 Å². The predicted molar refractivity (Wildman–Crippen MR) is 136 cm³/mol. The van der Waals surface area contributed by atoms with Crippen LogP contribution >= 0.6 is 23.8 Å². The van der Waals surface area contributed by atoms with E-state index >= 15 is 0 Å². The molecule has 0 amide bonds. The van der Waals surface area contributed by atoms with Crippen molar-refractivity contribution in [3.05, 3.63) is 101 Å². The summed E-state index contributed by atoms with van der Waals surface area (Å²) in [6, 6.07) is 21.8. The van der Waals surface area contributed by atoms with Crippen LogP contribution in [0.5, 0.6) is 11.5 Å². The zero-order valence-electron chi connectivity index (χ0n) is 18.3. The number of thiocarbonyl (C=S) groups is 1. The van der Waals surface area contributed by atoms with E-state index in [1.165, 1.54) is 0 Å². The van der Waals surface area contributed by atoms with Crippen molar-refractivity contribution in [3.63, 3.8) is 0 Å². The van der Waals surface area contributed by atoms with Gasteiger partial charge in [-0.3, -0.25) is 4.98 Å². The van der Waals surface area contributed by atoms with Gasteiger partial charge in [-0.15, -0.1) is 0 Å². The Labute approximate surface area is 207 Å². The summed E-state index contributed by atoms with van der Waals surface area (Å²) in [6.45, 7) is 2.23. The number of ether oxygens (including phenoxy) is 2. The number of rotatable bonds is 4. The lowest BCUT2D eigenvalue weighted by Gasteiger charge is -2.29. The van der Waals surface area contributed by atoms with Crippen LogP contribution < -0.4 is 19.7 Å². The Hall–Kier alpha value is -3.55. The lowest BCUT2D eigenvalue weighted by Crippen LogP contribution is -2.30. The number of nitrogens with zero attached hydrogens (tertiary/aromatic N) is 3. The van der Waals surface area contributed by atoms with Crippen molar-refractivity contribution in [2.45, 2.75) is 19.0 Å². The first-order chi connectivity index (χ1) is 16.6. The first-order valence-electron chi connectivity index (χ1n) is 10.9. The standard InChI is InChI=1S/C26H21ClN4O2S/c1-16-13-17(7-9-19(16)27)30-12-4-6-21(30)25-24(20-5-2-3-11-28-20)29-26(34)31(25)18-8-10-22-23(14-18)33-15-32-22/h2-14,24-25H,15H2,1H3,(H,29,34)/t24-,25+/m0/s1. The van der Waals surface area contributed by atoms with Gasteiger partial charge in [0.05, 0.1) is 11.7 Å². The maximum Gasteiger partial charge on any atom is 0.231 e. The SMILES string of the molecule is Cc1cc(-n2cccc2[C@@H]2[C@H](c3ccccn3)NC(=S)N2c2ccc3c(c2)OCO3)ccc1Cl. The summed E-state index contributed by atoms with van der Waals surface area (Å²) < 4.78 is 13.3. The van der Waals surface area contributed by atoms with Crippen LogP contribution in [0.4, 0.5) is 5.69 Å². The van der Waals surface area contributed by atoms with Gasteiger partial charge >= 0.3 is 0 Å². The van der Waals surface area contributed by atoms with Gasteiger partial charge in [0.1, 0.15) is 6.04 Å². The maximum absolute atomic E-state index is 6.31. The van der Waals surface area contributed by atoms with Crippen LogP contribution in [0.3, 0.4) is 0 Å². The third-order valence-electron chi connectivity index (χ3n) is 6.24. The molecule has 4 aromatic rings. The van der Waals surface area contributed by atoms with Crippen LogP contribution in [0, 0.1) is 6.92 Å². The highest BCUT2D eigenvalue weighted by Crippen LogP contribution is 2.45. The van der Waals surface area contributed by atoms with E-state index in [0.717, 1.165) is 39.1 Å². The lowest BCUT2D eigenvalue weighted by molar-refractivity contribution is 0.174. The average molecular weight is 489 g/mol. The van der Waals surface area contributed by atoms with Gasteiger partial charge < -0.3 is 24.3 Å². The highest BCUT2D eigenvalue weighted by Gasteiger charge is 2.42. The lowest BCUT2D eigenvalue weighted by atomic mass is 10.0. The highest BCUT2D eigenvalue weighted by atomic mass is 35.5. The number of nitrogens with one attached hydrogen (secondary N) is 1. The average Bonchev–Trinajstić information content (AvgIpc) is 3.59. The Balaban J connectivity index is 1.50. The number of benzene rings is 2. The van der Waals surface area contributed by atoms with Crippen molar-refractivity contribution in [2.24, 2.45) is 0 Å². The maximum atomic E-state index is 6.31. The van der Waals surface area contributed by atoms with E-state index in [9.17, 15) is 0 Å². The second-order valence-corrected chi connectivity index (χ2v) is 9.06. The second-order valence-electron chi connectivity index (χ2n) is 8.27. The summed E-state index contributed by atoms with van der Waals surface area (Å²) in [6.07, 6.45) is 3.87. The molecule has 8 heteroatoms. The van der Waals surface area contributed by atoms with Crippen molar-refractivity contribution in [3.8, 4) is 17.2 Å². The van der Waals surface area contributed by atoms with Crippen molar-refractivity contribution in [1.82, 2.24) is 14.9 Å². The molecule has 6 rings (SSSR count). The molecule has 2 aromatic carbocycles. The molecule has 0 bridgehead atoms. The smallest absolute Gasteiger partial charge is 0.231 e. The van der Waals surface area contributed by atoms with Crippen molar-refractivity contribution in [1.29, 1.82) is 0 Å². The van der Waals surface area contributed by atoms with Crippen LogP contribution in [-0.2, 0) is 0 Å². The molecule has 0 aliphatic carbocycles. The molecule has 0 spiro atoms. The second kappa shape index (κ2) is 8.34. The van der Waals surface area contributed by atoms with E-state index in [0.29, 0.717) is 10.9 Å². The van der Waals surface area contributed by atoms with E-state index in [1.807, 2.05) is 67.7 Å². The first-order valence-corrected chi connectivity index (χ1v) is 11.7. The van der Waals surface area contributed by atoms with Crippen LogP contribution in [0.25, 0.3) is 5.69 Å². The minimum absolute atomic E-state index is 0.152. The number of halogens is 1. The number of pyridine rings is 1. The molecule has 4 heterocycles. The summed E-state index contributed by atoms with van der Waals surface area (Å²) in [4.78, 5) is 6.78. The Morgan fingerprint density at radius 2 is 1.85 bits per heavy atom. The van der Waals surface area contributed by atoms with Gasteiger partial charge in [0.2, 0.25) is 6.79 Å². The fraction of sp³-hybridized carbons (Fsp3) is 0.154. The fourth-order valence-electron chi connectivity index (χ4n) is 4.62. The normalized spacial score (nSPS) is 18.9. The summed E-state index contributed by atoms with van der Waals surface area (Å²) in [5.41, 5.74) is 4.96. The van der Waals surface area contributed by atoms with Gasteiger partial charge in [-0.1, -0.05) is 17.7 Å². The molecular weight excluding hydrogens is 468 g/mol. The van der Waals surface area contributed by atoms with Crippen LogP contribution in [0.1, 0.15) is 29.0 Å². The first kappa shape index (κ1) is 21.0. The van der Waals surface area contributed by atoms with E-state index in [-0.39, 0.29) is 18.9 Å². The fourth-order valence-corrected chi connectivity index (χ4v) is 5.08. The monoisotopic (exact) mass is 488 g/mol. The molecule has 2 aliphatic heterocycles. The molecule has 170 valence electrons. The number of hydrogen-bond donors (Lipinski definition) is 1. The summed E-state index contributed by atoms with van der Waals surface area (Å²) in [5.74, 6) is 1.45. The predicted octanol–water partition coefficient (Wildman–Crippen LogP) is 5.74. The minimum atomic E-state index is -0.159. The van der Waals surface area contributed by atoms with E-state index < -0.39 is 0 Å². The zero-order valence-corrected chi connectivity index (χ0v) is 19.9. The Morgan fingerprint density at radius 1 is 1.00 bits per heavy atom. The van der Waals surface area contributed by atoms with Crippen molar-refractivity contribution >= 4 is 34.6 Å². The van der Waals surface area contributed by atoms with Gasteiger partial charge in [0.15, 0.2) is 16.6 Å². The molecule has 6 nitrogen and oxygen atoms in total. The number of hydrogen-bond acceptors (Lipinski definition) is 4. The quantitative estimate of drug-likeness (QED) is 0.370. The Morgan fingerprint density at radius 3 is 2.68 bits per heavy atom. The highest BCUT2D eigenvalue weighted by molar-refractivity contribution is 7.80. The van der Waals surface area contributed by atoms with E-state index in [4.69, 9.17) is 33.3 Å². The Kier molecular flexibility index (Phi) is 5.16. The molecule has 1 fully saturated rings. The molecule has 2 aromatic heterocycles. The number of anilines is 1. The topological polar surface area (TPSA) is 51.6 Å². The van der Waals surface area contributed by atoms with Gasteiger partial charge in [-0.05, 0) is 79.3 Å². The molecule has 1 N–H and O–H groups in total. The van der Waals surface area contributed by atoms with Crippen molar-refractivity contribution in [2.75, 3.05) is 11.7 Å². The molecule has 2 atom stereocenters. The van der Waals surface area contributed by atoms with Crippen LogP contribution in [-0.4, -0.2) is 21.5 Å². The van der Waals surface area contributed by atoms with Crippen molar-refractivity contribution < 1.29 is 9.47 Å². The van der Waals surface area contributed by atoms with E-state index in [1.54, 1.807) is 0 Å². The van der Waals surface area contributed by atoms with Gasteiger partial charge in [0.25, 0.3) is 0 Å². The van der Waals surface area contributed by atoms with Crippen LogP contribution in [0.2, 0.25) is 5.02 Å². The summed E-state index contributed by atoms with van der Waals surface area (Å²) >= 11 is 12.2. The molecule has 1 saturated heterocycles. The Bertz CT molecular complexity index is 1390. The third kappa shape index (κ3) is 3.48. The summed E-state index contributed by atoms with van der Waals surface area (Å²) in [5, 5.41) is 4.88. The molecule has 2 aliphatic rings. The molecule has 0 saturated carbocycles. The van der Waals surface area contributed by atoms with Gasteiger partial charge in [0, 0.05) is 40.6 Å². The number of fused-ring (bicyclic) bond motifs is 1. The zero-order chi connectivity index (χ0) is 23.2. The molecular formula is C26H21ClN4O2S. The van der Waals surface area contributed by atoms with E-state index in [2.05, 4.69) is 38.1 Å². The van der Waals surface area contributed by atoms with Gasteiger partial charge in [-0.2, -0.15) is 0 Å². The van der Waals surface area contributed by atoms with Gasteiger partial charge in [-0.25, -0.2) is 0 Å². The minimum Gasteiger partial charge on any atom is -0.454 e. The third-order valence-corrected chi connectivity index (χ3v) is 6.97. The largest absolute Gasteiger partial charge is 0.454 e. The molecule has 34 heavy (non-hydrogen) atoms.